The largest absolute Gasteiger partial charge is 0.396 e. The van der Waals surface area contributed by atoms with E-state index in [4.69, 9.17) is 9.84 Å². The predicted molar refractivity (Wildman–Crippen MR) is 82.8 cm³/mol. The summed E-state index contributed by atoms with van der Waals surface area (Å²) in [5.41, 5.74) is 0.387. The number of ether oxygens (including phenoxy) is 1. The number of fused-ring (bicyclic) bond motifs is 1. The highest BCUT2D eigenvalue weighted by Gasteiger charge is 2.18. The first-order valence-electron chi connectivity index (χ1n) is 7.12. The Morgan fingerprint density at radius 3 is 2.62 bits per heavy atom. The first-order valence-corrected chi connectivity index (χ1v) is 7.12. The van der Waals surface area contributed by atoms with Crippen LogP contribution in [-0.4, -0.2) is 54.8 Å². The third-order valence-electron chi connectivity index (χ3n) is 2.81. The quantitative estimate of drug-likeness (QED) is 0.393. The molecule has 0 aromatic carbocycles. The molecule has 0 radical (unpaired) electrons. The summed E-state index contributed by atoms with van der Waals surface area (Å²) < 4.78 is 6.37. The molecule has 2 amide bonds. The number of anilines is 2. The van der Waals surface area contributed by atoms with Crippen molar-refractivity contribution < 1.29 is 24.5 Å². The fourth-order valence-corrected chi connectivity index (χ4v) is 1.88. The number of carbonyl (C=O) groups is 2. The van der Waals surface area contributed by atoms with Crippen LogP contribution in [0, 0.1) is 0 Å². The molecule has 1 atom stereocenters. The van der Waals surface area contributed by atoms with E-state index in [1.807, 2.05) is 0 Å². The lowest BCUT2D eigenvalue weighted by Gasteiger charge is -2.14. The average Bonchev–Trinajstić information content (AvgIpc) is 2.90. The summed E-state index contributed by atoms with van der Waals surface area (Å²) in [6.07, 6.45) is 0.227. The fourth-order valence-electron chi connectivity index (χ4n) is 1.88. The molecule has 0 fully saturated rings. The number of rotatable bonds is 7. The minimum atomic E-state index is -1.40. The van der Waals surface area contributed by atoms with Crippen LogP contribution < -0.4 is 10.6 Å². The van der Waals surface area contributed by atoms with Crippen LogP contribution in [0.2, 0.25) is 0 Å². The zero-order valence-corrected chi connectivity index (χ0v) is 13.2. The van der Waals surface area contributed by atoms with Crippen molar-refractivity contribution >= 4 is 34.7 Å². The van der Waals surface area contributed by atoms with Gasteiger partial charge in [0.05, 0.1) is 6.61 Å². The molecule has 2 rings (SSSR count). The lowest BCUT2D eigenvalue weighted by molar-refractivity contribution is -0.152. The number of hydrogen-bond acceptors (Lipinski definition) is 8. The van der Waals surface area contributed by atoms with E-state index >= 15 is 0 Å². The Labute approximate surface area is 136 Å². The monoisotopic (exact) mass is 338 g/mol. The molecule has 11 heteroatoms. The molecule has 1 unspecified atom stereocenters. The van der Waals surface area contributed by atoms with Gasteiger partial charge in [-0.1, -0.05) is 0 Å². The van der Waals surface area contributed by atoms with Gasteiger partial charge in [0.25, 0.3) is 0 Å². The van der Waals surface area contributed by atoms with Crippen molar-refractivity contribution in [3.8, 4) is 0 Å². The number of carbonyl (C=O) groups excluding carboxylic acids is 2. The molecule has 2 heterocycles. The zero-order chi connectivity index (χ0) is 17.7. The molecule has 0 bridgehead atoms. The van der Waals surface area contributed by atoms with E-state index in [2.05, 4.69) is 25.6 Å². The van der Waals surface area contributed by atoms with Crippen molar-refractivity contribution in [1.29, 1.82) is 0 Å². The Hall–Kier alpha value is -2.63. The maximum absolute atomic E-state index is 11.3. The molecule has 0 aliphatic heterocycles. The number of nitrogens with zero attached hydrogens (tertiary/aromatic N) is 4. The second kappa shape index (κ2) is 7.77. The summed E-state index contributed by atoms with van der Waals surface area (Å²) in [5, 5.41) is 23.7. The van der Waals surface area contributed by atoms with Crippen LogP contribution in [0.1, 0.15) is 26.7 Å². The van der Waals surface area contributed by atoms with Crippen LogP contribution in [0.3, 0.4) is 0 Å². The molecule has 4 N–H and O–H groups in total. The first-order chi connectivity index (χ1) is 11.4. The summed E-state index contributed by atoms with van der Waals surface area (Å²) in [7, 11) is 0. The lowest BCUT2D eigenvalue weighted by Crippen LogP contribution is -2.16. The van der Waals surface area contributed by atoms with Gasteiger partial charge < -0.3 is 20.3 Å². The van der Waals surface area contributed by atoms with Crippen molar-refractivity contribution in [3.05, 3.63) is 6.33 Å². The second-order valence-corrected chi connectivity index (χ2v) is 4.86. The molecule has 2 aromatic heterocycles. The molecule has 0 saturated heterocycles. The standard InChI is InChI=1S/C13H18N6O5/c1-7(21)15-10-9-11(18-12(17-10)16-8(2)22)19(6-14-9)13(23)24-5-3-4-20/h6,13,20,23H,3-5H2,1-2H3,(H2,15,16,17,18,21,22). The molecular formula is C13H18N6O5. The number of amides is 2. The molecule has 0 aliphatic carbocycles. The van der Waals surface area contributed by atoms with Gasteiger partial charge in [-0.05, 0) is 6.42 Å². The molecule has 0 spiro atoms. The number of aliphatic hydroxyl groups excluding tert-OH is 2. The van der Waals surface area contributed by atoms with Crippen LogP contribution in [-0.2, 0) is 14.3 Å². The molecular weight excluding hydrogens is 320 g/mol. The van der Waals surface area contributed by atoms with E-state index in [1.54, 1.807) is 0 Å². The van der Waals surface area contributed by atoms with Crippen LogP contribution in [0.5, 0.6) is 0 Å². The van der Waals surface area contributed by atoms with Crippen molar-refractivity contribution in [3.63, 3.8) is 0 Å². The summed E-state index contributed by atoms with van der Waals surface area (Å²) in [5.74, 6) is -0.729. The highest BCUT2D eigenvalue weighted by atomic mass is 16.6. The first kappa shape index (κ1) is 17.7. The highest BCUT2D eigenvalue weighted by Crippen LogP contribution is 2.23. The number of aromatic nitrogens is 4. The van der Waals surface area contributed by atoms with E-state index in [9.17, 15) is 14.7 Å². The van der Waals surface area contributed by atoms with E-state index in [0.717, 1.165) is 0 Å². The highest BCUT2D eigenvalue weighted by molar-refractivity contribution is 5.97. The maximum atomic E-state index is 11.3. The van der Waals surface area contributed by atoms with Gasteiger partial charge in [0.15, 0.2) is 17.0 Å². The van der Waals surface area contributed by atoms with Crippen LogP contribution >= 0.6 is 0 Å². The van der Waals surface area contributed by atoms with Crippen molar-refractivity contribution in [2.45, 2.75) is 26.7 Å². The minimum absolute atomic E-state index is 0.0527. The summed E-state index contributed by atoms with van der Waals surface area (Å²) in [6, 6.07) is 0. The van der Waals surface area contributed by atoms with Gasteiger partial charge in [0.2, 0.25) is 24.2 Å². The number of aliphatic hydroxyl groups is 2. The van der Waals surface area contributed by atoms with Gasteiger partial charge in [0.1, 0.15) is 6.33 Å². The average molecular weight is 338 g/mol. The van der Waals surface area contributed by atoms with E-state index in [0.29, 0.717) is 6.42 Å². The summed E-state index contributed by atoms with van der Waals surface area (Å²) in [6.45, 7) is 2.64. The Morgan fingerprint density at radius 2 is 2.00 bits per heavy atom. The minimum Gasteiger partial charge on any atom is -0.396 e. The van der Waals surface area contributed by atoms with Gasteiger partial charge in [-0.3, -0.25) is 19.5 Å². The van der Waals surface area contributed by atoms with Crippen molar-refractivity contribution in [2.24, 2.45) is 0 Å². The third kappa shape index (κ3) is 4.22. The third-order valence-corrected chi connectivity index (χ3v) is 2.81. The zero-order valence-electron chi connectivity index (χ0n) is 13.2. The number of hydrogen-bond donors (Lipinski definition) is 4. The lowest BCUT2D eigenvalue weighted by atomic mass is 10.4. The van der Waals surface area contributed by atoms with Crippen molar-refractivity contribution in [1.82, 2.24) is 19.5 Å². The molecule has 0 aliphatic rings. The van der Waals surface area contributed by atoms with E-state index in [-0.39, 0.29) is 42.1 Å². The number of imidazole rings is 1. The normalized spacial score (nSPS) is 12.2. The molecule has 24 heavy (non-hydrogen) atoms. The Morgan fingerprint density at radius 1 is 1.29 bits per heavy atom. The van der Waals surface area contributed by atoms with Crippen LogP contribution in [0.4, 0.5) is 11.8 Å². The van der Waals surface area contributed by atoms with Crippen LogP contribution in [0.15, 0.2) is 6.33 Å². The molecule has 11 nitrogen and oxygen atoms in total. The molecule has 0 saturated carbocycles. The predicted octanol–water partition coefficient (Wildman–Crippen LogP) is -0.410. The van der Waals surface area contributed by atoms with Gasteiger partial charge in [-0.25, -0.2) is 4.98 Å². The Balaban J connectivity index is 2.42. The second-order valence-electron chi connectivity index (χ2n) is 4.86. The summed E-state index contributed by atoms with van der Waals surface area (Å²) in [4.78, 5) is 34.7. The Kier molecular flexibility index (Phi) is 5.73. The van der Waals surface area contributed by atoms with Gasteiger partial charge >= 0.3 is 0 Å². The van der Waals surface area contributed by atoms with E-state index < -0.39 is 12.3 Å². The van der Waals surface area contributed by atoms with E-state index in [1.165, 1.54) is 24.7 Å². The topological polar surface area (TPSA) is 151 Å². The SMILES string of the molecule is CC(=O)Nc1nc(NC(C)=O)c2ncn(C(O)OCCCO)c2n1. The van der Waals surface area contributed by atoms with Gasteiger partial charge in [-0.15, -0.1) is 0 Å². The van der Waals surface area contributed by atoms with Crippen LogP contribution in [0.25, 0.3) is 11.2 Å². The molecule has 130 valence electrons. The maximum Gasteiger partial charge on any atom is 0.244 e. The van der Waals surface area contributed by atoms with Gasteiger partial charge in [0, 0.05) is 20.5 Å². The Bertz CT molecular complexity index is 746. The summed E-state index contributed by atoms with van der Waals surface area (Å²) >= 11 is 0. The fraction of sp³-hybridized carbons (Fsp3) is 0.462. The molecule has 2 aromatic rings. The number of nitrogens with one attached hydrogen (secondary N) is 2. The van der Waals surface area contributed by atoms with Crippen molar-refractivity contribution in [2.75, 3.05) is 23.8 Å². The van der Waals surface area contributed by atoms with Gasteiger partial charge in [-0.2, -0.15) is 9.97 Å². The smallest absolute Gasteiger partial charge is 0.244 e.